The van der Waals surface area contributed by atoms with Crippen molar-refractivity contribution in [2.45, 2.75) is 17.6 Å². The molecule has 8 nitrogen and oxygen atoms in total. The number of fused-ring (bicyclic) bond motifs is 1. The van der Waals surface area contributed by atoms with Crippen LogP contribution in [-0.2, 0) is 21.1 Å². The SMILES string of the molecule is CCNc1ccc2c(=O)n(-c3ccc(CC(=O)CS(=O)(=O)c4ccc(Cl)s4)cn3)cnc2c1. The summed E-state index contributed by atoms with van der Waals surface area (Å²) in [5, 5.41) is 3.64. The van der Waals surface area contributed by atoms with Gasteiger partial charge in [-0.25, -0.2) is 18.4 Å². The molecule has 0 radical (unpaired) electrons. The van der Waals surface area contributed by atoms with E-state index < -0.39 is 21.4 Å². The average molecular weight is 503 g/mol. The molecular formula is C22H19ClN4O4S2. The monoisotopic (exact) mass is 502 g/mol. The standard InChI is InChI=1S/C22H19ClN4O4S2/c1-2-24-15-4-5-17-18(10-15)26-13-27(22(17)29)20-7-3-14(11-25-20)9-16(28)12-33(30,31)21-8-6-19(23)32-21/h3-8,10-11,13,24H,2,9,12H2,1H3. The minimum absolute atomic E-state index is 0.0649. The van der Waals surface area contributed by atoms with Crippen LogP contribution in [0.3, 0.4) is 0 Å². The van der Waals surface area contributed by atoms with Gasteiger partial charge < -0.3 is 5.32 Å². The van der Waals surface area contributed by atoms with Gasteiger partial charge in [-0.15, -0.1) is 11.3 Å². The Morgan fingerprint density at radius 2 is 1.97 bits per heavy atom. The van der Waals surface area contributed by atoms with E-state index in [0.717, 1.165) is 23.6 Å². The minimum atomic E-state index is -3.74. The lowest BCUT2D eigenvalue weighted by molar-refractivity contribution is -0.116. The van der Waals surface area contributed by atoms with Gasteiger partial charge in [-0.05, 0) is 48.9 Å². The van der Waals surface area contributed by atoms with E-state index >= 15 is 0 Å². The van der Waals surface area contributed by atoms with Gasteiger partial charge in [0.2, 0.25) is 0 Å². The summed E-state index contributed by atoms with van der Waals surface area (Å²) < 4.78 is 26.4. The molecule has 0 aliphatic carbocycles. The fourth-order valence-corrected chi connectivity index (χ4v) is 6.10. The van der Waals surface area contributed by atoms with Crippen molar-refractivity contribution in [2.24, 2.45) is 0 Å². The van der Waals surface area contributed by atoms with Gasteiger partial charge in [-0.1, -0.05) is 17.7 Å². The van der Waals surface area contributed by atoms with E-state index in [-0.39, 0.29) is 16.2 Å². The van der Waals surface area contributed by atoms with E-state index in [4.69, 9.17) is 11.6 Å². The van der Waals surface area contributed by atoms with Gasteiger partial charge in [0.25, 0.3) is 5.56 Å². The Morgan fingerprint density at radius 3 is 2.64 bits per heavy atom. The molecule has 1 aromatic carbocycles. The third-order valence-electron chi connectivity index (χ3n) is 4.80. The van der Waals surface area contributed by atoms with Crippen molar-refractivity contribution >= 4 is 55.1 Å². The molecule has 0 aliphatic heterocycles. The first kappa shape index (κ1) is 23.1. The van der Waals surface area contributed by atoms with Crippen molar-refractivity contribution < 1.29 is 13.2 Å². The molecule has 0 aliphatic rings. The summed E-state index contributed by atoms with van der Waals surface area (Å²) in [6.07, 6.45) is 2.77. The minimum Gasteiger partial charge on any atom is -0.385 e. The van der Waals surface area contributed by atoms with Crippen molar-refractivity contribution in [3.63, 3.8) is 0 Å². The van der Waals surface area contributed by atoms with Crippen LogP contribution in [0.4, 0.5) is 5.69 Å². The molecule has 0 amide bonds. The van der Waals surface area contributed by atoms with Crippen LogP contribution in [0.25, 0.3) is 16.7 Å². The lowest BCUT2D eigenvalue weighted by Gasteiger charge is -2.08. The predicted octanol–water partition coefficient (Wildman–Crippen LogP) is 3.51. The molecule has 0 saturated heterocycles. The quantitative estimate of drug-likeness (QED) is 0.392. The molecule has 4 aromatic rings. The normalized spacial score (nSPS) is 11.6. The van der Waals surface area contributed by atoms with Crippen LogP contribution in [0.2, 0.25) is 4.34 Å². The number of carbonyl (C=O) groups is 1. The number of Topliss-reactive ketones (excluding diaryl/α,β-unsaturated/α-hetero) is 1. The number of anilines is 1. The fraction of sp³-hybridized carbons (Fsp3) is 0.182. The Hall–Kier alpha value is -3.08. The van der Waals surface area contributed by atoms with Crippen LogP contribution in [0.1, 0.15) is 12.5 Å². The molecule has 0 atom stereocenters. The van der Waals surface area contributed by atoms with Gasteiger partial charge in [0, 0.05) is 24.8 Å². The molecule has 3 heterocycles. The number of sulfone groups is 1. The molecule has 0 saturated carbocycles. The molecule has 11 heteroatoms. The van der Waals surface area contributed by atoms with Crippen LogP contribution < -0.4 is 10.9 Å². The number of ketones is 1. The Kier molecular flexibility index (Phi) is 6.59. The molecule has 170 valence electrons. The number of nitrogens with one attached hydrogen (secondary N) is 1. The second-order valence-electron chi connectivity index (χ2n) is 7.24. The second-order valence-corrected chi connectivity index (χ2v) is 11.2. The number of thiophene rings is 1. The number of nitrogens with zero attached hydrogens (tertiary/aromatic N) is 3. The Labute approximate surface area is 198 Å². The number of aromatic nitrogens is 3. The number of halogens is 1. The number of benzene rings is 1. The molecular weight excluding hydrogens is 484 g/mol. The maximum Gasteiger partial charge on any atom is 0.266 e. The summed E-state index contributed by atoms with van der Waals surface area (Å²) in [6, 6.07) is 11.5. The maximum atomic E-state index is 12.9. The lowest BCUT2D eigenvalue weighted by atomic mass is 10.1. The summed E-state index contributed by atoms with van der Waals surface area (Å²) in [7, 11) is -3.74. The highest BCUT2D eigenvalue weighted by molar-refractivity contribution is 7.94. The third kappa shape index (κ3) is 5.13. The van der Waals surface area contributed by atoms with Gasteiger partial charge in [0.1, 0.15) is 22.1 Å². The Bertz CT molecular complexity index is 1500. The molecule has 1 N–H and O–H groups in total. The van der Waals surface area contributed by atoms with Crippen LogP contribution in [0.5, 0.6) is 0 Å². The van der Waals surface area contributed by atoms with Gasteiger partial charge in [-0.2, -0.15) is 0 Å². The molecule has 0 spiro atoms. The zero-order valence-electron chi connectivity index (χ0n) is 17.5. The Morgan fingerprint density at radius 1 is 1.15 bits per heavy atom. The van der Waals surface area contributed by atoms with E-state index in [1.165, 1.54) is 29.2 Å². The topological polar surface area (TPSA) is 111 Å². The van der Waals surface area contributed by atoms with Crippen LogP contribution in [-0.4, -0.2) is 41.0 Å². The zero-order valence-corrected chi connectivity index (χ0v) is 19.9. The predicted molar refractivity (Wildman–Crippen MR) is 129 cm³/mol. The molecule has 4 rings (SSSR count). The summed E-state index contributed by atoms with van der Waals surface area (Å²) >= 11 is 6.71. The fourth-order valence-electron chi connectivity index (χ4n) is 3.29. The number of hydrogen-bond acceptors (Lipinski definition) is 8. The summed E-state index contributed by atoms with van der Waals surface area (Å²) in [5.41, 5.74) is 1.73. The summed E-state index contributed by atoms with van der Waals surface area (Å²) in [4.78, 5) is 33.8. The van der Waals surface area contributed by atoms with E-state index in [1.54, 1.807) is 18.2 Å². The van der Waals surface area contributed by atoms with Crippen molar-refractivity contribution in [3.05, 3.63) is 75.2 Å². The number of pyridine rings is 1. The highest BCUT2D eigenvalue weighted by Crippen LogP contribution is 2.26. The van der Waals surface area contributed by atoms with Crippen molar-refractivity contribution in [3.8, 4) is 5.82 Å². The van der Waals surface area contributed by atoms with Gasteiger partial charge in [0.05, 0.1) is 15.2 Å². The van der Waals surface area contributed by atoms with E-state index in [2.05, 4.69) is 15.3 Å². The van der Waals surface area contributed by atoms with Gasteiger partial charge in [-0.3, -0.25) is 14.2 Å². The molecule has 0 fully saturated rings. The van der Waals surface area contributed by atoms with Crippen molar-refractivity contribution in [1.82, 2.24) is 14.5 Å². The first-order valence-corrected chi connectivity index (χ1v) is 12.8. The number of carbonyl (C=O) groups excluding carboxylic acids is 1. The van der Waals surface area contributed by atoms with E-state index in [0.29, 0.717) is 26.6 Å². The summed E-state index contributed by atoms with van der Waals surface area (Å²) in [6.45, 7) is 2.74. The smallest absolute Gasteiger partial charge is 0.266 e. The Balaban J connectivity index is 1.50. The zero-order chi connectivity index (χ0) is 23.6. The van der Waals surface area contributed by atoms with Crippen LogP contribution >= 0.6 is 22.9 Å². The first-order chi connectivity index (χ1) is 15.8. The average Bonchev–Trinajstić information content (AvgIpc) is 3.22. The van der Waals surface area contributed by atoms with E-state index in [1.807, 2.05) is 19.1 Å². The van der Waals surface area contributed by atoms with E-state index in [9.17, 15) is 18.0 Å². The second kappa shape index (κ2) is 9.42. The number of hydrogen-bond donors (Lipinski definition) is 1. The maximum absolute atomic E-state index is 12.9. The number of rotatable bonds is 8. The molecule has 33 heavy (non-hydrogen) atoms. The van der Waals surface area contributed by atoms with Crippen LogP contribution in [0, 0.1) is 0 Å². The third-order valence-corrected chi connectivity index (χ3v) is 8.29. The van der Waals surface area contributed by atoms with Crippen molar-refractivity contribution in [2.75, 3.05) is 17.6 Å². The van der Waals surface area contributed by atoms with Gasteiger partial charge >= 0.3 is 0 Å². The highest BCUT2D eigenvalue weighted by atomic mass is 35.5. The lowest BCUT2D eigenvalue weighted by Crippen LogP contribution is -2.20. The summed E-state index contributed by atoms with van der Waals surface area (Å²) in [5.74, 6) is -0.730. The molecule has 0 unspecified atom stereocenters. The molecule has 3 aromatic heterocycles. The highest BCUT2D eigenvalue weighted by Gasteiger charge is 2.21. The van der Waals surface area contributed by atoms with Crippen molar-refractivity contribution in [1.29, 1.82) is 0 Å². The first-order valence-electron chi connectivity index (χ1n) is 9.97. The van der Waals surface area contributed by atoms with Crippen LogP contribution in [0.15, 0.2) is 64.0 Å². The largest absolute Gasteiger partial charge is 0.385 e. The van der Waals surface area contributed by atoms with Gasteiger partial charge in [0.15, 0.2) is 15.6 Å². The molecule has 0 bridgehead atoms.